The topological polar surface area (TPSA) is 120 Å². The molecule has 0 aliphatic carbocycles. The molecular weight excluding hydrogens is 210 g/mol. The van der Waals surface area contributed by atoms with Gasteiger partial charge in [-0.1, -0.05) is 12.1 Å². The third kappa shape index (κ3) is 3.45. The van der Waals surface area contributed by atoms with Gasteiger partial charge in [-0.2, -0.15) is 0 Å². The van der Waals surface area contributed by atoms with Crippen LogP contribution in [0, 0.1) is 10.1 Å². The van der Waals surface area contributed by atoms with Crippen LogP contribution in [0.1, 0.15) is 0 Å². The fourth-order valence-electron chi connectivity index (χ4n) is 1.16. The number of nitrogens with one attached hydrogen (secondary N) is 1. The van der Waals surface area contributed by atoms with Gasteiger partial charge >= 0.3 is 0 Å². The smallest absolute Gasteiger partial charge is 0.292 e. The minimum atomic E-state index is -0.442. The van der Waals surface area contributed by atoms with Crippen molar-refractivity contribution in [3.63, 3.8) is 0 Å². The molecule has 0 aliphatic rings. The average molecular weight is 223 g/mol. The summed E-state index contributed by atoms with van der Waals surface area (Å²) in [5, 5.41) is 13.6. The largest absolute Gasteiger partial charge is 0.378 e. The molecule has 0 unspecified atom stereocenters. The van der Waals surface area contributed by atoms with Crippen LogP contribution in [0.25, 0.3) is 0 Å². The van der Waals surface area contributed by atoms with Gasteiger partial charge in [-0.25, -0.2) is 0 Å². The third-order valence-corrected chi connectivity index (χ3v) is 1.82. The highest BCUT2D eigenvalue weighted by atomic mass is 16.6. The molecule has 1 aromatic carbocycles. The zero-order valence-electron chi connectivity index (χ0n) is 8.59. The maximum atomic E-state index is 10.7. The molecule has 0 atom stereocenters. The molecule has 0 amide bonds. The highest BCUT2D eigenvalue weighted by Gasteiger charge is 2.10. The van der Waals surface area contributed by atoms with Gasteiger partial charge in [0.15, 0.2) is 5.96 Å². The second-order valence-electron chi connectivity index (χ2n) is 3.01. The van der Waals surface area contributed by atoms with Crippen LogP contribution in [0.5, 0.6) is 0 Å². The molecule has 0 spiro atoms. The Kier molecular flexibility index (Phi) is 4.07. The van der Waals surface area contributed by atoms with Crippen LogP contribution in [0.3, 0.4) is 0 Å². The molecule has 0 radical (unpaired) electrons. The van der Waals surface area contributed by atoms with Crippen LogP contribution in [-0.2, 0) is 0 Å². The van der Waals surface area contributed by atoms with Crippen LogP contribution in [0.2, 0.25) is 0 Å². The van der Waals surface area contributed by atoms with Crippen LogP contribution >= 0.6 is 0 Å². The molecule has 7 heteroatoms. The predicted molar refractivity (Wildman–Crippen MR) is 62.3 cm³/mol. The minimum absolute atomic E-state index is 0.00404. The first kappa shape index (κ1) is 11.8. The lowest BCUT2D eigenvalue weighted by atomic mass is 10.2. The van der Waals surface area contributed by atoms with Crippen molar-refractivity contribution in [1.82, 2.24) is 0 Å². The second kappa shape index (κ2) is 5.54. The molecule has 0 aliphatic heterocycles. The monoisotopic (exact) mass is 223 g/mol. The second-order valence-corrected chi connectivity index (χ2v) is 3.01. The Labute approximate surface area is 92.3 Å². The number of guanidine groups is 1. The number of aliphatic imine (C=N–C) groups is 1. The molecule has 0 saturated heterocycles. The molecule has 1 aromatic rings. The molecule has 0 bridgehead atoms. The summed E-state index contributed by atoms with van der Waals surface area (Å²) in [7, 11) is 0. The lowest BCUT2D eigenvalue weighted by Crippen LogP contribution is -2.24. The molecule has 1 rings (SSSR count). The molecule has 5 N–H and O–H groups in total. The number of nitro groups is 1. The van der Waals surface area contributed by atoms with E-state index in [1.165, 1.54) is 6.07 Å². The lowest BCUT2D eigenvalue weighted by Gasteiger charge is -2.04. The van der Waals surface area contributed by atoms with Gasteiger partial charge in [0.05, 0.1) is 11.5 Å². The number of nitrogens with zero attached hydrogens (tertiary/aromatic N) is 2. The molecule has 0 saturated carbocycles. The van der Waals surface area contributed by atoms with Crippen molar-refractivity contribution in [3.8, 4) is 0 Å². The van der Waals surface area contributed by atoms with Crippen LogP contribution in [-0.4, -0.2) is 24.0 Å². The van der Waals surface area contributed by atoms with Gasteiger partial charge in [0, 0.05) is 12.6 Å². The maximum absolute atomic E-state index is 10.7. The van der Waals surface area contributed by atoms with Crippen molar-refractivity contribution in [2.75, 3.05) is 18.4 Å². The van der Waals surface area contributed by atoms with Gasteiger partial charge < -0.3 is 16.8 Å². The van der Waals surface area contributed by atoms with E-state index in [4.69, 9.17) is 11.5 Å². The fourth-order valence-corrected chi connectivity index (χ4v) is 1.16. The number of para-hydroxylation sites is 2. The maximum Gasteiger partial charge on any atom is 0.292 e. The number of benzene rings is 1. The zero-order valence-corrected chi connectivity index (χ0v) is 8.59. The number of hydrogen-bond donors (Lipinski definition) is 3. The number of anilines is 1. The van der Waals surface area contributed by atoms with Crippen molar-refractivity contribution in [2.45, 2.75) is 0 Å². The number of rotatable bonds is 5. The normalized spacial score (nSPS) is 9.50. The third-order valence-electron chi connectivity index (χ3n) is 1.82. The highest BCUT2D eigenvalue weighted by molar-refractivity contribution is 5.75. The molecule has 0 aromatic heterocycles. The number of nitro benzene ring substituents is 1. The van der Waals surface area contributed by atoms with Crippen molar-refractivity contribution in [2.24, 2.45) is 16.5 Å². The van der Waals surface area contributed by atoms with E-state index >= 15 is 0 Å². The summed E-state index contributed by atoms with van der Waals surface area (Å²) in [5.41, 5.74) is 10.8. The first-order chi connectivity index (χ1) is 7.61. The fraction of sp³-hybridized carbons (Fsp3) is 0.222. The number of nitrogens with two attached hydrogens (primary N) is 2. The zero-order chi connectivity index (χ0) is 12.0. The summed E-state index contributed by atoms with van der Waals surface area (Å²) in [5.74, 6) is 0.00404. The van der Waals surface area contributed by atoms with E-state index in [0.29, 0.717) is 18.8 Å². The van der Waals surface area contributed by atoms with Crippen molar-refractivity contribution >= 4 is 17.3 Å². The van der Waals surface area contributed by atoms with E-state index in [9.17, 15) is 10.1 Å². The van der Waals surface area contributed by atoms with E-state index < -0.39 is 4.92 Å². The Bertz CT molecular complexity index is 401. The van der Waals surface area contributed by atoms with Gasteiger partial charge in [-0.05, 0) is 6.07 Å². The Hall–Kier alpha value is -2.31. The minimum Gasteiger partial charge on any atom is -0.378 e. The summed E-state index contributed by atoms with van der Waals surface area (Å²) in [6.07, 6.45) is 0. The highest BCUT2D eigenvalue weighted by Crippen LogP contribution is 2.22. The van der Waals surface area contributed by atoms with Gasteiger partial charge in [0.25, 0.3) is 5.69 Å². The van der Waals surface area contributed by atoms with Crippen molar-refractivity contribution in [1.29, 1.82) is 0 Å². The molecular formula is C9H13N5O2. The van der Waals surface area contributed by atoms with E-state index in [1.54, 1.807) is 18.2 Å². The SMILES string of the molecule is NC(N)=NCCNc1ccccc1[N+](=O)[O-]. The van der Waals surface area contributed by atoms with E-state index in [2.05, 4.69) is 10.3 Å². The van der Waals surface area contributed by atoms with Crippen molar-refractivity contribution < 1.29 is 4.92 Å². The summed E-state index contributed by atoms with van der Waals surface area (Å²) in [6, 6.07) is 6.39. The average Bonchev–Trinajstić information content (AvgIpc) is 2.24. The quantitative estimate of drug-likeness (QED) is 0.218. The van der Waals surface area contributed by atoms with E-state index in [0.717, 1.165) is 0 Å². The van der Waals surface area contributed by atoms with Gasteiger partial charge in [-0.15, -0.1) is 0 Å². The van der Waals surface area contributed by atoms with Crippen LogP contribution < -0.4 is 16.8 Å². The van der Waals surface area contributed by atoms with Gasteiger partial charge in [0.1, 0.15) is 5.69 Å². The summed E-state index contributed by atoms with van der Waals surface area (Å²) in [6.45, 7) is 0.803. The van der Waals surface area contributed by atoms with Crippen LogP contribution in [0.15, 0.2) is 29.3 Å². The Morgan fingerprint density at radius 1 is 1.44 bits per heavy atom. The molecule has 0 heterocycles. The molecule has 86 valence electrons. The number of hydrogen-bond acceptors (Lipinski definition) is 4. The standard InChI is InChI=1S/C9H13N5O2/c10-9(11)13-6-5-12-7-3-1-2-4-8(7)14(15)16/h1-4,12H,5-6H2,(H4,10,11,13). The molecule has 7 nitrogen and oxygen atoms in total. The van der Waals surface area contributed by atoms with Gasteiger partial charge in [-0.3, -0.25) is 15.1 Å². The van der Waals surface area contributed by atoms with Gasteiger partial charge in [0.2, 0.25) is 0 Å². The van der Waals surface area contributed by atoms with Crippen LogP contribution in [0.4, 0.5) is 11.4 Å². The summed E-state index contributed by atoms with van der Waals surface area (Å²) in [4.78, 5) is 14.0. The summed E-state index contributed by atoms with van der Waals surface area (Å²) >= 11 is 0. The van der Waals surface area contributed by atoms with Crippen molar-refractivity contribution in [3.05, 3.63) is 34.4 Å². The first-order valence-corrected chi connectivity index (χ1v) is 4.64. The Morgan fingerprint density at radius 3 is 2.75 bits per heavy atom. The predicted octanol–water partition coefficient (Wildman–Crippen LogP) is 0.280. The molecule has 0 fully saturated rings. The first-order valence-electron chi connectivity index (χ1n) is 4.64. The van der Waals surface area contributed by atoms with E-state index in [1.807, 2.05) is 0 Å². The van der Waals surface area contributed by atoms with E-state index in [-0.39, 0.29) is 11.6 Å². The Morgan fingerprint density at radius 2 is 2.12 bits per heavy atom. The lowest BCUT2D eigenvalue weighted by molar-refractivity contribution is -0.384. The Balaban J connectivity index is 2.60. The molecule has 16 heavy (non-hydrogen) atoms. The summed E-state index contributed by atoms with van der Waals surface area (Å²) < 4.78 is 0.